The average Bonchev–Trinajstić information content (AvgIpc) is 2.70. The molecule has 0 unspecified atom stereocenters. The first kappa shape index (κ1) is 21.2. The minimum Gasteiger partial charge on any atom is -0.494 e. The minimum atomic E-state index is -3.76. The Morgan fingerprint density at radius 3 is 2.52 bits per heavy atom. The first-order valence-corrected chi connectivity index (χ1v) is 11.5. The third-order valence-electron chi connectivity index (χ3n) is 5.25. The predicted molar refractivity (Wildman–Crippen MR) is 114 cm³/mol. The molecular weight excluding hydrogens is 388 g/mol. The van der Waals surface area contributed by atoms with Crippen LogP contribution in [0, 0.1) is 5.92 Å². The van der Waals surface area contributed by atoms with Crippen molar-refractivity contribution in [2.24, 2.45) is 5.92 Å². The van der Waals surface area contributed by atoms with E-state index in [0.29, 0.717) is 29.5 Å². The molecule has 0 radical (unpaired) electrons. The van der Waals surface area contributed by atoms with Gasteiger partial charge in [0, 0.05) is 17.3 Å². The molecule has 29 heavy (non-hydrogen) atoms. The lowest BCUT2D eigenvalue weighted by molar-refractivity contribution is 0.0910. The molecule has 0 saturated heterocycles. The lowest BCUT2D eigenvalue weighted by Gasteiger charge is -2.29. The fourth-order valence-electron chi connectivity index (χ4n) is 3.60. The lowest BCUT2D eigenvalue weighted by atomic mass is 9.86. The summed E-state index contributed by atoms with van der Waals surface area (Å²) in [5.74, 6) is 0.891. The normalized spacial score (nSPS) is 19.4. The number of anilines is 1. The van der Waals surface area contributed by atoms with E-state index in [-0.39, 0.29) is 16.8 Å². The van der Waals surface area contributed by atoms with Gasteiger partial charge in [0.1, 0.15) is 5.75 Å². The summed E-state index contributed by atoms with van der Waals surface area (Å²) in [6, 6.07) is 13.0. The van der Waals surface area contributed by atoms with Crippen LogP contribution in [0.4, 0.5) is 5.69 Å². The number of carbonyl (C=O) groups is 1. The number of hydrogen-bond acceptors (Lipinski definition) is 4. The van der Waals surface area contributed by atoms with Crippen molar-refractivity contribution in [1.82, 2.24) is 5.32 Å². The van der Waals surface area contributed by atoms with E-state index in [9.17, 15) is 13.2 Å². The summed E-state index contributed by atoms with van der Waals surface area (Å²) in [5.41, 5.74) is 0.790. The van der Waals surface area contributed by atoms with E-state index in [1.165, 1.54) is 18.6 Å². The number of carbonyl (C=O) groups excluding carboxylic acids is 1. The third kappa shape index (κ3) is 5.50. The van der Waals surface area contributed by atoms with Crippen LogP contribution < -0.4 is 14.8 Å². The molecule has 1 saturated carbocycles. The Morgan fingerprint density at radius 2 is 1.83 bits per heavy atom. The van der Waals surface area contributed by atoms with Crippen molar-refractivity contribution in [3.63, 3.8) is 0 Å². The van der Waals surface area contributed by atoms with Crippen LogP contribution in [-0.4, -0.2) is 27.0 Å². The van der Waals surface area contributed by atoms with Crippen molar-refractivity contribution in [2.45, 2.75) is 50.5 Å². The van der Waals surface area contributed by atoms with Crippen LogP contribution in [0.3, 0.4) is 0 Å². The van der Waals surface area contributed by atoms with Gasteiger partial charge >= 0.3 is 0 Å². The first-order valence-electron chi connectivity index (χ1n) is 10.1. The standard InChI is InChI=1S/C22H28N2O4S/c1-3-28-19-11-13-20(14-12-19)29(26,27)24-18-9-6-8-17(15-18)22(25)23-21-10-5-4-7-16(21)2/h6,8-9,11-16,21,24H,3-5,7,10H2,1-2H3,(H,23,25)/t16-,21+/m1/s1. The number of amides is 1. The molecular formula is C22H28N2O4S. The number of ether oxygens (including phenoxy) is 1. The molecule has 2 aromatic rings. The Morgan fingerprint density at radius 1 is 1.10 bits per heavy atom. The van der Waals surface area contributed by atoms with Crippen molar-refractivity contribution in [1.29, 1.82) is 0 Å². The molecule has 0 aliphatic heterocycles. The quantitative estimate of drug-likeness (QED) is 0.709. The van der Waals surface area contributed by atoms with E-state index in [2.05, 4.69) is 17.0 Å². The fraction of sp³-hybridized carbons (Fsp3) is 0.409. The zero-order valence-corrected chi connectivity index (χ0v) is 17.7. The second-order valence-corrected chi connectivity index (χ2v) is 9.11. The number of sulfonamides is 1. The van der Waals surface area contributed by atoms with Gasteiger partial charge in [-0.1, -0.05) is 25.8 Å². The summed E-state index contributed by atoms with van der Waals surface area (Å²) >= 11 is 0. The molecule has 2 aromatic carbocycles. The van der Waals surface area contributed by atoms with Crippen LogP contribution in [0.15, 0.2) is 53.4 Å². The summed E-state index contributed by atoms with van der Waals surface area (Å²) in [6.45, 7) is 4.54. The van der Waals surface area contributed by atoms with Crippen molar-refractivity contribution < 1.29 is 17.9 Å². The van der Waals surface area contributed by atoms with E-state index in [4.69, 9.17) is 4.74 Å². The first-order chi connectivity index (χ1) is 13.9. The zero-order chi connectivity index (χ0) is 20.9. The highest BCUT2D eigenvalue weighted by Gasteiger charge is 2.23. The Hall–Kier alpha value is -2.54. The lowest BCUT2D eigenvalue weighted by Crippen LogP contribution is -2.41. The van der Waals surface area contributed by atoms with Gasteiger partial charge in [-0.05, 0) is 68.1 Å². The highest BCUT2D eigenvalue weighted by atomic mass is 32.2. The van der Waals surface area contributed by atoms with Crippen LogP contribution >= 0.6 is 0 Å². The summed E-state index contributed by atoms with van der Waals surface area (Å²) in [7, 11) is -3.76. The van der Waals surface area contributed by atoms with Gasteiger partial charge in [0.25, 0.3) is 15.9 Å². The highest BCUT2D eigenvalue weighted by molar-refractivity contribution is 7.92. The monoisotopic (exact) mass is 416 g/mol. The number of rotatable bonds is 7. The molecule has 0 bridgehead atoms. The minimum absolute atomic E-state index is 0.131. The van der Waals surface area contributed by atoms with Gasteiger partial charge in [-0.15, -0.1) is 0 Å². The van der Waals surface area contributed by atoms with Crippen LogP contribution in [0.1, 0.15) is 49.9 Å². The fourth-order valence-corrected chi connectivity index (χ4v) is 4.65. The van der Waals surface area contributed by atoms with Crippen LogP contribution in [0.25, 0.3) is 0 Å². The molecule has 7 heteroatoms. The van der Waals surface area contributed by atoms with E-state index < -0.39 is 10.0 Å². The Balaban J connectivity index is 1.70. The zero-order valence-electron chi connectivity index (χ0n) is 16.9. The van der Waals surface area contributed by atoms with Crippen LogP contribution in [-0.2, 0) is 10.0 Å². The molecule has 2 N–H and O–H groups in total. The van der Waals surface area contributed by atoms with Crippen molar-refractivity contribution in [3.8, 4) is 5.75 Å². The molecule has 0 aromatic heterocycles. The van der Waals surface area contributed by atoms with E-state index in [0.717, 1.165) is 19.3 Å². The van der Waals surface area contributed by atoms with Gasteiger partial charge < -0.3 is 10.1 Å². The van der Waals surface area contributed by atoms with Crippen molar-refractivity contribution in [3.05, 3.63) is 54.1 Å². The molecule has 1 aliphatic rings. The molecule has 0 spiro atoms. The van der Waals surface area contributed by atoms with Gasteiger partial charge in [0.05, 0.1) is 11.5 Å². The third-order valence-corrected chi connectivity index (χ3v) is 6.65. The topological polar surface area (TPSA) is 84.5 Å². The van der Waals surface area contributed by atoms with Gasteiger partial charge in [-0.2, -0.15) is 0 Å². The largest absolute Gasteiger partial charge is 0.494 e. The van der Waals surface area contributed by atoms with Crippen molar-refractivity contribution in [2.75, 3.05) is 11.3 Å². The van der Waals surface area contributed by atoms with Gasteiger partial charge in [0.15, 0.2) is 0 Å². The second kappa shape index (κ2) is 9.31. The molecule has 2 atom stereocenters. The summed E-state index contributed by atoms with van der Waals surface area (Å²) < 4.78 is 33.2. The molecule has 0 heterocycles. The second-order valence-electron chi connectivity index (χ2n) is 7.43. The molecule has 1 fully saturated rings. The highest BCUT2D eigenvalue weighted by Crippen LogP contribution is 2.24. The molecule has 1 aliphatic carbocycles. The summed E-state index contributed by atoms with van der Waals surface area (Å²) in [5, 5.41) is 3.09. The smallest absolute Gasteiger partial charge is 0.261 e. The summed E-state index contributed by atoms with van der Waals surface area (Å²) in [6.07, 6.45) is 4.43. The average molecular weight is 417 g/mol. The SMILES string of the molecule is CCOc1ccc(S(=O)(=O)Nc2cccc(C(=O)N[C@H]3CCCC[C@H]3C)c2)cc1. The van der Waals surface area contributed by atoms with Gasteiger partial charge in [0.2, 0.25) is 0 Å². The van der Waals surface area contributed by atoms with Gasteiger partial charge in [-0.3, -0.25) is 9.52 Å². The number of benzene rings is 2. The Labute approximate surface area is 172 Å². The molecule has 6 nitrogen and oxygen atoms in total. The maximum absolute atomic E-state index is 12.7. The number of hydrogen-bond donors (Lipinski definition) is 2. The predicted octanol–water partition coefficient (Wildman–Crippen LogP) is 4.19. The van der Waals surface area contributed by atoms with Crippen LogP contribution in [0.5, 0.6) is 5.75 Å². The van der Waals surface area contributed by atoms with Crippen molar-refractivity contribution >= 4 is 21.6 Å². The molecule has 3 rings (SSSR count). The summed E-state index contributed by atoms with van der Waals surface area (Å²) in [4.78, 5) is 12.8. The number of nitrogens with one attached hydrogen (secondary N) is 2. The van der Waals surface area contributed by atoms with E-state index in [1.807, 2.05) is 6.92 Å². The maximum atomic E-state index is 12.7. The van der Waals surface area contributed by atoms with E-state index in [1.54, 1.807) is 36.4 Å². The molecule has 1 amide bonds. The van der Waals surface area contributed by atoms with Gasteiger partial charge in [-0.25, -0.2) is 8.42 Å². The maximum Gasteiger partial charge on any atom is 0.261 e. The molecule has 156 valence electrons. The Kier molecular flexibility index (Phi) is 6.79. The van der Waals surface area contributed by atoms with E-state index >= 15 is 0 Å². The Bertz CT molecular complexity index is 942. The van der Waals surface area contributed by atoms with Crippen LogP contribution in [0.2, 0.25) is 0 Å².